The quantitative estimate of drug-likeness (QED) is 0.0412. The van der Waals surface area contributed by atoms with Gasteiger partial charge in [-0.25, -0.2) is 0 Å². The molecule has 0 aromatic rings. The van der Waals surface area contributed by atoms with E-state index in [-0.39, 0.29) is 0 Å². The number of hydrogen-bond acceptors (Lipinski definition) is 2. The van der Waals surface area contributed by atoms with Crippen molar-refractivity contribution in [3.63, 3.8) is 0 Å². The van der Waals surface area contributed by atoms with E-state index in [0.29, 0.717) is 0 Å². The predicted molar refractivity (Wildman–Crippen MR) is 385 cm³/mol. The summed E-state index contributed by atoms with van der Waals surface area (Å²) in [6, 6.07) is 0. The van der Waals surface area contributed by atoms with Crippen LogP contribution in [0.4, 0.5) is 0 Å². The molecule has 0 amide bonds. The predicted octanol–water partition coefficient (Wildman–Crippen LogP) is -25.5. The molecule has 212 valence electrons. The van der Waals surface area contributed by atoms with E-state index < -0.39 is 0 Å². The molecule has 0 aromatic heterocycles. The Labute approximate surface area is 448 Å². The van der Waals surface area contributed by atoms with E-state index in [1.165, 1.54) is 7.00 Å². The van der Waals surface area contributed by atoms with Crippen molar-refractivity contribution in [1.82, 2.24) is 0 Å². The molecule has 68 heavy (non-hydrogen) atoms. The third-order valence-electron chi connectivity index (χ3n) is 7.16. The molecule has 0 heterocycles. The second kappa shape index (κ2) is 71.0. The van der Waals surface area contributed by atoms with Crippen LogP contribution in [-0.2, 0) is 4.81 Å². The van der Waals surface area contributed by atoms with E-state index in [4.69, 9.17) is 5.26 Å². The fourth-order valence-corrected chi connectivity index (χ4v) is 4.07. The van der Waals surface area contributed by atoms with Crippen LogP contribution >= 0.6 is 0 Å². The van der Waals surface area contributed by atoms with Gasteiger partial charge in [-0.2, -0.15) is 0 Å². The third kappa shape index (κ3) is 70.0. The Hall–Kier alpha value is 4.05. The van der Waals surface area contributed by atoms with Gasteiger partial charge in [0.25, 0.3) is 0 Å². The van der Waals surface area contributed by atoms with Crippen molar-refractivity contribution >= 4 is 443 Å². The van der Waals surface area contributed by atoms with Crippen LogP contribution in [0.25, 0.3) is 0 Å². The van der Waals surface area contributed by atoms with Crippen LogP contribution in [0.3, 0.4) is 0 Å². The van der Waals surface area contributed by atoms with Gasteiger partial charge in [-0.05, 0) is 0 Å². The topological polar surface area (TPSA) is 29.5 Å². The molecule has 0 saturated heterocycles. The Morgan fingerprint density at radius 3 is 0.324 bits per heavy atom. The van der Waals surface area contributed by atoms with E-state index in [1.54, 1.807) is 20.1 Å². The van der Waals surface area contributed by atoms with E-state index in [2.05, 4.69) is 12.2 Å². The first-order valence-corrected chi connectivity index (χ1v) is 22.2. The Bertz CT molecular complexity index is 2300. The third-order valence-corrected chi connectivity index (χ3v) is 7.16. The zero-order valence-corrected chi connectivity index (χ0v) is 39.1. The van der Waals surface area contributed by atoms with Gasteiger partial charge in [-0.3, -0.25) is 0 Å². The summed E-state index contributed by atoms with van der Waals surface area (Å²) in [7, 11) is 4.81. The van der Waals surface area contributed by atoms with Crippen molar-refractivity contribution in [1.29, 1.82) is 0 Å². The molecule has 0 saturated carbocycles. The second-order valence-electron chi connectivity index (χ2n) is 12.6. The van der Waals surface area contributed by atoms with Crippen LogP contribution in [0.15, 0.2) is 0 Å². The van der Waals surface area contributed by atoms with Crippen molar-refractivity contribution < 1.29 is 10.1 Å². The van der Waals surface area contributed by atoms with Crippen LogP contribution in [0.1, 0.15) is 0 Å². The molecular weight excluding hydrogens is 746 g/mol. The van der Waals surface area contributed by atoms with Gasteiger partial charge in [0, 0.05) is 0 Å². The van der Waals surface area contributed by atoms with Crippen LogP contribution in [0.5, 0.6) is 0 Å². The molecule has 0 bridgehead atoms. The van der Waals surface area contributed by atoms with Crippen molar-refractivity contribution in [2.75, 3.05) is 0 Å². The first-order valence-electron chi connectivity index (χ1n) is 22.2. The van der Waals surface area contributed by atoms with Crippen LogP contribution in [0, 0.1) is 0 Å². The van der Waals surface area contributed by atoms with Crippen molar-refractivity contribution in [3.8, 4) is 0 Å². The fourth-order valence-electron chi connectivity index (χ4n) is 4.07. The Kier molecular flexibility index (Phi) is 75.3. The summed E-state index contributed by atoms with van der Waals surface area (Å²) in [4.78, 5) is 3.82. The van der Waals surface area contributed by atoms with E-state index in [1.807, 2.05) is 408 Å². The van der Waals surface area contributed by atoms with Gasteiger partial charge in [0.05, 0.1) is 0 Å². The molecule has 0 unspecified atom stereocenters. The first kappa shape index (κ1) is 72.0. The summed E-state index contributed by atoms with van der Waals surface area (Å²) in [6.07, 6.45) is 0. The van der Waals surface area contributed by atoms with Gasteiger partial charge in [0.15, 0.2) is 0 Å². The maximum absolute atomic E-state index is 8.15. The number of rotatable bonds is 33. The molecule has 0 aliphatic rings. The molecule has 68 heteroatoms. The SMILES string of the molecule is B=BB=BB=BB=BB=BB=BB=BB=BB=BB=BB=BB=BB=BB=BB=BB=BB=BB=BB=BB=BB=BB=BB=BB=BB=BB=BB=BB=BB=BB=BB=BB=BB=BOO. The summed E-state index contributed by atoms with van der Waals surface area (Å²) in [5.74, 6) is 0. The van der Waals surface area contributed by atoms with Crippen molar-refractivity contribution in [2.45, 2.75) is 0 Å². The molecule has 1 N–H and O–H groups in total. The van der Waals surface area contributed by atoms with Gasteiger partial charge in [-0.1, -0.05) is 0 Å². The van der Waals surface area contributed by atoms with Crippen LogP contribution < -0.4 is 0 Å². The van der Waals surface area contributed by atoms with Gasteiger partial charge in [-0.15, -0.1) is 0 Å². The molecular formula is H2B66O2. The molecule has 0 radical (unpaired) electrons. The van der Waals surface area contributed by atoms with Crippen molar-refractivity contribution in [3.05, 3.63) is 0 Å². The zero-order valence-electron chi connectivity index (χ0n) is 39.1. The Morgan fingerprint density at radius 1 is 0.147 bits per heavy atom. The van der Waals surface area contributed by atoms with E-state index in [9.17, 15) is 0 Å². The average molecular weight is 748 g/mol. The molecule has 0 aromatic carbocycles. The standard InChI is InChI=1S/B66H2O2/c1-2-3-4-5-6-7-8-9-10-11-12-13-14-15-16-17-18-19-20-21-22-23-24-25-26-27-28-29-30-31-32-33-34-35-36-37-38-39-40-41-42-43-44-45-46-47-48-49-50-51-52-53-54-55-56-57-58-59-60-61-62-63-64-65-66-68-67/h1,67H. The fraction of sp³-hybridized carbons (Fsp3) is 0. The summed E-state index contributed by atoms with van der Waals surface area (Å²) >= 11 is 0. The Morgan fingerprint density at radius 2 is 0.235 bits per heavy atom. The summed E-state index contributed by atoms with van der Waals surface area (Å²) < 4.78 is 0. The minimum atomic E-state index is 1.18. The van der Waals surface area contributed by atoms with Gasteiger partial charge in [0.1, 0.15) is 0 Å². The molecule has 0 fully saturated rings. The minimum absolute atomic E-state index is 1.18. The van der Waals surface area contributed by atoms with Gasteiger partial charge in [0.2, 0.25) is 0 Å². The second-order valence-corrected chi connectivity index (χ2v) is 12.6. The summed E-state index contributed by atoms with van der Waals surface area (Å²) in [5.41, 5.74) is 0. The molecule has 0 aliphatic carbocycles. The first-order chi connectivity index (χ1) is 33.9. The molecule has 0 rings (SSSR count). The van der Waals surface area contributed by atoms with Crippen LogP contribution in [-0.4, -0.2) is 448 Å². The zero-order chi connectivity index (χ0) is 48.7. The van der Waals surface area contributed by atoms with Gasteiger partial charge >= 0.3 is 453 Å². The molecule has 0 aliphatic heterocycles. The van der Waals surface area contributed by atoms with Gasteiger partial charge < -0.3 is 0 Å². The Balaban J connectivity index is 4.09. The summed E-state index contributed by atoms with van der Waals surface area (Å²) in [5, 5.41) is 8.15. The maximum atomic E-state index is 8.15. The molecule has 0 atom stereocenters. The average Bonchev–Trinajstić information content (AvgIpc) is 3.35. The van der Waals surface area contributed by atoms with Crippen molar-refractivity contribution in [2.24, 2.45) is 0 Å². The summed E-state index contributed by atoms with van der Waals surface area (Å²) in [6.45, 7) is 126. The monoisotopic (exact) mass is 761 g/mol. The normalized spacial score (nSPS) is 7.76. The number of hydrogen-bond donors (Lipinski definition) is 1. The molecule has 2 nitrogen and oxygen atoms in total. The van der Waals surface area contributed by atoms with Crippen LogP contribution in [0.2, 0.25) is 0 Å². The van der Waals surface area contributed by atoms with E-state index in [0.717, 1.165) is 0 Å². The van der Waals surface area contributed by atoms with E-state index >= 15 is 0 Å². The molecule has 0 spiro atoms.